The van der Waals surface area contributed by atoms with Crippen LogP contribution in [0.3, 0.4) is 0 Å². The Kier molecular flexibility index (Phi) is 11.0. The van der Waals surface area contributed by atoms with Gasteiger partial charge in [-0.1, -0.05) is 0 Å². The molecule has 0 spiro atoms. The molecular weight excluding hydrogens is 366 g/mol. The van der Waals surface area contributed by atoms with Gasteiger partial charge in [0.15, 0.2) is 0 Å². The number of H-pyrrole nitrogens is 1. The van der Waals surface area contributed by atoms with Gasteiger partial charge >= 0.3 is 23.9 Å². The maximum Gasteiger partial charge on any atom is 0.324 e. The van der Waals surface area contributed by atoms with Crippen LogP contribution in [0, 0.1) is 0 Å². The maximum atomic E-state index is 11.4. The van der Waals surface area contributed by atoms with E-state index in [0.29, 0.717) is 5.69 Å². The van der Waals surface area contributed by atoms with Gasteiger partial charge in [-0.25, -0.2) is 4.98 Å². The number of nitrogens with one attached hydrogen (secondary N) is 1. The smallest absolute Gasteiger partial charge is 0.324 e. The van der Waals surface area contributed by atoms with Crippen molar-refractivity contribution in [3.05, 3.63) is 18.2 Å². The highest BCUT2D eigenvalue weighted by Crippen LogP contribution is 1.98. The number of imidazole rings is 1. The topological polar surface area (TPSA) is 245 Å². The number of carboxylic acid groups (broad SMARTS) is 3. The first-order valence-corrected chi connectivity index (χ1v) is 7.62. The Morgan fingerprint density at radius 2 is 1.63 bits per heavy atom. The fraction of sp³-hybridized carbons (Fsp3) is 0.500. The van der Waals surface area contributed by atoms with Gasteiger partial charge in [0, 0.05) is 24.7 Å². The number of aromatic amines is 1. The Hall–Kier alpha value is -3.03. The van der Waals surface area contributed by atoms with Gasteiger partial charge in [-0.05, 0) is 6.42 Å². The number of carboxylic acids is 3. The number of carbonyl (C=O) groups is 4. The highest BCUT2D eigenvalue weighted by molar-refractivity contribution is 5.77. The van der Waals surface area contributed by atoms with Crippen LogP contribution in [0.2, 0.25) is 0 Å². The molecule has 0 unspecified atom stereocenters. The summed E-state index contributed by atoms with van der Waals surface area (Å²) in [6.07, 6.45) is 3.02. The molecule has 10 N–H and O–H groups in total. The van der Waals surface area contributed by atoms with Crippen molar-refractivity contribution in [1.82, 2.24) is 9.97 Å². The van der Waals surface area contributed by atoms with Gasteiger partial charge in [0.1, 0.15) is 24.7 Å². The van der Waals surface area contributed by atoms with Gasteiger partial charge < -0.3 is 42.2 Å². The van der Waals surface area contributed by atoms with Crippen molar-refractivity contribution in [2.45, 2.75) is 37.4 Å². The SMILES string of the molecule is N[C@@H](CCC(=O)O)C(=O)O.N[C@@H](COC(=O)[C@@H](N)Cc1cnc[nH]1)C(=O)O. The molecule has 0 aromatic carbocycles. The van der Waals surface area contributed by atoms with Crippen LogP contribution in [-0.2, 0) is 30.3 Å². The third kappa shape index (κ3) is 11.2. The molecule has 0 aliphatic rings. The lowest BCUT2D eigenvalue weighted by Crippen LogP contribution is -2.40. The molecule has 13 nitrogen and oxygen atoms in total. The predicted molar refractivity (Wildman–Crippen MR) is 89.3 cm³/mol. The zero-order valence-corrected chi connectivity index (χ0v) is 14.3. The van der Waals surface area contributed by atoms with E-state index in [0.717, 1.165) is 0 Å². The maximum absolute atomic E-state index is 11.4. The fourth-order valence-corrected chi connectivity index (χ4v) is 1.47. The molecule has 1 aromatic heterocycles. The first kappa shape index (κ1) is 24.0. The summed E-state index contributed by atoms with van der Waals surface area (Å²) in [4.78, 5) is 48.2. The summed E-state index contributed by atoms with van der Waals surface area (Å²) in [6, 6.07) is -3.18. The van der Waals surface area contributed by atoms with E-state index in [1.165, 1.54) is 12.5 Å². The number of rotatable bonds is 10. The molecule has 1 rings (SSSR count). The summed E-state index contributed by atoms with van der Waals surface area (Å²) >= 11 is 0. The predicted octanol–water partition coefficient (Wildman–Crippen LogP) is -2.50. The molecule has 1 aromatic rings. The summed E-state index contributed by atoms with van der Waals surface area (Å²) in [6.45, 7) is -0.398. The van der Waals surface area contributed by atoms with Gasteiger partial charge in [-0.2, -0.15) is 0 Å². The number of carbonyl (C=O) groups excluding carboxylic acids is 1. The van der Waals surface area contributed by atoms with Crippen molar-refractivity contribution in [2.24, 2.45) is 17.2 Å². The Balaban J connectivity index is 0.000000580. The minimum Gasteiger partial charge on any atom is -0.481 e. The molecule has 0 fully saturated rings. The number of esters is 1. The third-order valence-electron chi connectivity index (χ3n) is 3.01. The van der Waals surface area contributed by atoms with Crippen LogP contribution in [0.25, 0.3) is 0 Å². The zero-order chi connectivity index (χ0) is 21.0. The van der Waals surface area contributed by atoms with Crippen molar-refractivity contribution in [2.75, 3.05) is 6.61 Å². The molecule has 0 saturated carbocycles. The average Bonchev–Trinajstić information content (AvgIpc) is 3.10. The third-order valence-corrected chi connectivity index (χ3v) is 3.01. The van der Waals surface area contributed by atoms with E-state index in [9.17, 15) is 19.2 Å². The minimum absolute atomic E-state index is 0.0231. The number of aliphatic carboxylic acids is 3. The zero-order valence-electron chi connectivity index (χ0n) is 14.3. The Morgan fingerprint density at radius 3 is 2.07 bits per heavy atom. The Morgan fingerprint density at radius 1 is 1.04 bits per heavy atom. The molecule has 3 atom stereocenters. The van der Waals surface area contributed by atoms with E-state index in [4.69, 9.17) is 32.5 Å². The van der Waals surface area contributed by atoms with E-state index in [2.05, 4.69) is 14.7 Å². The standard InChI is InChI=1S/C9H14N4O4.C5H9NO4/c10-6(1-5-2-12-4-13-5)9(16)17-3-7(11)8(14)15;6-3(5(9)10)1-2-4(7)8/h2,4,6-7H,1,3,10-11H2,(H,12,13)(H,14,15);3H,1-2,6H2,(H,7,8)(H,9,10)/t6-,7-;3-/m00/s1. The van der Waals surface area contributed by atoms with Gasteiger partial charge in [-0.3, -0.25) is 19.2 Å². The van der Waals surface area contributed by atoms with E-state index in [1.807, 2.05) is 0 Å². The molecule has 0 amide bonds. The lowest BCUT2D eigenvalue weighted by molar-refractivity contribution is -0.149. The van der Waals surface area contributed by atoms with Gasteiger partial charge in [0.05, 0.1) is 6.33 Å². The van der Waals surface area contributed by atoms with E-state index in [-0.39, 0.29) is 19.3 Å². The van der Waals surface area contributed by atoms with Crippen LogP contribution in [0.4, 0.5) is 0 Å². The summed E-state index contributed by atoms with van der Waals surface area (Å²) < 4.78 is 4.67. The van der Waals surface area contributed by atoms with Gasteiger partial charge in [0.2, 0.25) is 0 Å². The molecule has 13 heteroatoms. The minimum atomic E-state index is -1.24. The van der Waals surface area contributed by atoms with Gasteiger partial charge in [-0.15, -0.1) is 0 Å². The van der Waals surface area contributed by atoms with Crippen molar-refractivity contribution >= 4 is 23.9 Å². The molecule has 27 heavy (non-hydrogen) atoms. The largest absolute Gasteiger partial charge is 0.481 e. The molecular formula is C14H23N5O8. The molecule has 0 bridgehead atoms. The van der Waals surface area contributed by atoms with E-state index < -0.39 is 48.6 Å². The molecule has 0 saturated heterocycles. The monoisotopic (exact) mass is 389 g/mol. The van der Waals surface area contributed by atoms with Crippen LogP contribution >= 0.6 is 0 Å². The summed E-state index contributed by atoms with van der Waals surface area (Å²) in [5.41, 5.74) is 16.4. The Bertz CT molecular complexity index is 621. The lowest BCUT2D eigenvalue weighted by atomic mass is 10.2. The molecule has 0 aliphatic carbocycles. The van der Waals surface area contributed by atoms with Crippen LogP contribution in [0.15, 0.2) is 12.5 Å². The molecule has 0 aliphatic heterocycles. The van der Waals surface area contributed by atoms with Gasteiger partial charge in [0.25, 0.3) is 0 Å². The second kappa shape index (κ2) is 12.3. The summed E-state index contributed by atoms with van der Waals surface area (Å²) in [5, 5.41) is 24.8. The second-order valence-electron chi connectivity index (χ2n) is 5.34. The molecule has 0 radical (unpaired) electrons. The number of ether oxygens (including phenoxy) is 1. The van der Waals surface area contributed by atoms with Crippen LogP contribution < -0.4 is 17.2 Å². The molecule has 1 heterocycles. The normalized spacial score (nSPS) is 13.4. The quantitative estimate of drug-likeness (QED) is 0.205. The van der Waals surface area contributed by atoms with Crippen LogP contribution in [0.1, 0.15) is 18.5 Å². The Labute approximate surface area is 153 Å². The van der Waals surface area contributed by atoms with Crippen molar-refractivity contribution in [3.8, 4) is 0 Å². The fourth-order valence-electron chi connectivity index (χ4n) is 1.47. The number of aromatic nitrogens is 2. The van der Waals surface area contributed by atoms with E-state index in [1.54, 1.807) is 0 Å². The second-order valence-corrected chi connectivity index (χ2v) is 5.34. The first-order chi connectivity index (χ1) is 12.5. The number of nitrogens with two attached hydrogens (primary N) is 3. The summed E-state index contributed by atoms with van der Waals surface area (Å²) in [7, 11) is 0. The lowest BCUT2D eigenvalue weighted by Gasteiger charge is -2.12. The van der Waals surface area contributed by atoms with Crippen molar-refractivity contribution in [1.29, 1.82) is 0 Å². The number of nitrogens with zero attached hydrogens (tertiary/aromatic N) is 1. The van der Waals surface area contributed by atoms with E-state index >= 15 is 0 Å². The average molecular weight is 389 g/mol. The summed E-state index contributed by atoms with van der Waals surface area (Å²) in [5.74, 6) is -4.13. The molecule has 152 valence electrons. The highest BCUT2D eigenvalue weighted by atomic mass is 16.5. The highest BCUT2D eigenvalue weighted by Gasteiger charge is 2.19. The van der Waals surface area contributed by atoms with Crippen molar-refractivity contribution < 1.29 is 39.2 Å². The van der Waals surface area contributed by atoms with Crippen molar-refractivity contribution in [3.63, 3.8) is 0 Å². The van der Waals surface area contributed by atoms with Crippen LogP contribution in [-0.4, -0.2) is 73.9 Å². The van der Waals surface area contributed by atoms with Crippen LogP contribution in [0.5, 0.6) is 0 Å². The number of hydrogen-bond donors (Lipinski definition) is 7. The number of hydrogen-bond acceptors (Lipinski definition) is 9. The first-order valence-electron chi connectivity index (χ1n) is 7.62.